The molecular weight excluding hydrogens is 650 g/mol. The lowest BCUT2D eigenvalue weighted by molar-refractivity contribution is -0.127. The number of halogens is 2. The number of ether oxygens (including phenoxy) is 2. The Hall–Kier alpha value is -3.66. The number of thiazole rings is 1. The van der Waals surface area contributed by atoms with E-state index in [1.165, 1.54) is 11.3 Å². The second-order valence-corrected chi connectivity index (χ2v) is 12.2. The maximum Gasteiger partial charge on any atom is 0.271 e. The van der Waals surface area contributed by atoms with Crippen molar-refractivity contribution in [2.24, 2.45) is 4.99 Å². The van der Waals surface area contributed by atoms with Gasteiger partial charge in [0.05, 0.1) is 29.0 Å². The van der Waals surface area contributed by atoms with Gasteiger partial charge in [0.1, 0.15) is 6.61 Å². The van der Waals surface area contributed by atoms with E-state index in [2.05, 4.69) is 15.9 Å². The van der Waals surface area contributed by atoms with Crippen molar-refractivity contribution in [3.63, 3.8) is 0 Å². The zero-order valence-electron chi connectivity index (χ0n) is 24.3. The van der Waals surface area contributed by atoms with Crippen LogP contribution in [0.15, 0.2) is 92.3 Å². The lowest BCUT2D eigenvalue weighted by atomic mass is 9.94. The molecule has 3 aromatic carbocycles. The monoisotopic (exact) mass is 679 g/mol. The summed E-state index contributed by atoms with van der Waals surface area (Å²) in [6.45, 7) is 7.18. The quantitative estimate of drug-likeness (QED) is 0.214. The van der Waals surface area contributed by atoms with Crippen LogP contribution in [0.25, 0.3) is 6.08 Å². The number of rotatable bonds is 9. The van der Waals surface area contributed by atoms with Gasteiger partial charge in [0.15, 0.2) is 16.3 Å². The standard InChI is InChI=1S/C33H31BrClN3O4S/c1-5-37(6-2)32(40)29-20(3)36-33-38(30(29)22-12-14-24(35)15-13-22)31(39)28(43-33)17-23-16-26(41-4)27(18-25(23)34)42-19-21-10-8-7-9-11-21/h7-18,30H,5-6,19H2,1-4H3/b28-17+/t30-/m0/s1. The smallest absolute Gasteiger partial charge is 0.271 e. The number of carbonyl (C=O) groups excluding carboxylic acids is 1. The van der Waals surface area contributed by atoms with Gasteiger partial charge in [0.2, 0.25) is 0 Å². The molecule has 10 heteroatoms. The molecule has 5 rings (SSSR count). The maximum atomic E-state index is 14.1. The van der Waals surface area contributed by atoms with Crippen molar-refractivity contribution in [3.05, 3.63) is 124 Å². The number of carbonyl (C=O) groups is 1. The summed E-state index contributed by atoms with van der Waals surface area (Å²) in [5, 5.41) is 0.573. The summed E-state index contributed by atoms with van der Waals surface area (Å²) in [5.74, 6) is 0.981. The second-order valence-electron chi connectivity index (χ2n) is 9.91. The van der Waals surface area contributed by atoms with E-state index in [-0.39, 0.29) is 11.5 Å². The molecule has 0 spiro atoms. The Morgan fingerprint density at radius 1 is 1.09 bits per heavy atom. The summed E-state index contributed by atoms with van der Waals surface area (Å²) in [7, 11) is 1.58. The highest BCUT2D eigenvalue weighted by Gasteiger charge is 2.34. The lowest BCUT2D eigenvalue weighted by Gasteiger charge is -2.29. The summed E-state index contributed by atoms with van der Waals surface area (Å²) in [4.78, 5) is 34.9. The third kappa shape index (κ3) is 6.34. The second kappa shape index (κ2) is 13.3. The average molecular weight is 681 g/mol. The van der Waals surface area contributed by atoms with E-state index in [9.17, 15) is 9.59 Å². The minimum Gasteiger partial charge on any atom is -0.493 e. The summed E-state index contributed by atoms with van der Waals surface area (Å²) < 4.78 is 14.5. The van der Waals surface area contributed by atoms with Crippen LogP contribution in [0.5, 0.6) is 11.5 Å². The number of nitrogens with zero attached hydrogens (tertiary/aromatic N) is 3. The Bertz CT molecular complexity index is 1860. The molecule has 0 fully saturated rings. The highest BCUT2D eigenvalue weighted by Crippen LogP contribution is 2.35. The lowest BCUT2D eigenvalue weighted by Crippen LogP contribution is -2.43. The van der Waals surface area contributed by atoms with Crippen LogP contribution in [0, 0.1) is 0 Å². The number of likely N-dealkylation sites (N-methyl/N-ethyl adjacent to an activating group) is 1. The molecule has 0 unspecified atom stereocenters. The van der Waals surface area contributed by atoms with Crippen LogP contribution in [0.4, 0.5) is 0 Å². The average Bonchev–Trinajstić information content (AvgIpc) is 3.31. The highest BCUT2D eigenvalue weighted by atomic mass is 79.9. The zero-order valence-corrected chi connectivity index (χ0v) is 27.4. The summed E-state index contributed by atoms with van der Waals surface area (Å²) >= 11 is 11.1. The van der Waals surface area contributed by atoms with Crippen LogP contribution in [-0.4, -0.2) is 35.6 Å². The first-order chi connectivity index (χ1) is 20.7. The Morgan fingerprint density at radius 2 is 1.79 bits per heavy atom. The van der Waals surface area contributed by atoms with E-state index < -0.39 is 6.04 Å². The van der Waals surface area contributed by atoms with E-state index in [4.69, 9.17) is 26.1 Å². The van der Waals surface area contributed by atoms with E-state index in [1.807, 2.05) is 81.4 Å². The van der Waals surface area contributed by atoms with E-state index in [0.29, 0.717) is 56.8 Å². The van der Waals surface area contributed by atoms with Crippen molar-refractivity contribution in [2.45, 2.75) is 33.4 Å². The van der Waals surface area contributed by atoms with Gasteiger partial charge in [0, 0.05) is 22.6 Å². The van der Waals surface area contributed by atoms with Crippen LogP contribution in [0.2, 0.25) is 5.02 Å². The molecule has 0 saturated carbocycles. The summed E-state index contributed by atoms with van der Waals surface area (Å²) in [5.41, 5.74) is 3.39. The fourth-order valence-corrected chi connectivity index (χ4v) is 6.65. The third-order valence-electron chi connectivity index (χ3n) is 7.30. The first-order valence-corrected chi connectivity index (χ1v) is 15.9. The number of amides is 1. The number of hydrogen-bond acceptors (Lipinski definition) is 6. The molecule has 1 amide bonds. The molecule has 1 atom stereocenters. The summed E-state index contributed by atoms with van der Waals surface area (Å²) in [6, 6.07) is 20.2. The van der Waals surface area contributed by atoms with Crippen molar-refractivity contribution in [3.8, 4) is 11.5 Å². The molecule has 0 N–H and O–H groups in total. The third-order valence-corrected chi connectivity index (χ3v) is 9.22. The normalized spacial score (nSPS) is 14.7. The Balaban J connectivity index is 1.60. The van der Waals surface area contributed by atoms with Gasteiger partial charge in [-0.05, 0) is 67.8 Å². The van der Waals surface area contributed by atoms with E-state index in [1.54, 1.807) is 28.7 Å². The minimum absolute atomic E-state index is 0.140. The fourth-order valence-electron chi connectivity index (χ4n) is 5.05. The van der Waals surface area contributed by atoms with Crippen molar-refractivity contribution < 1.29 is 14.3 Å². The molecule has 2 heterocycles. The van der Waals surface area contributed by atoms with Crippen molar-refractivity contribution in [2.75, 3.05) is 20.2 Å². The molecule has 0 radical (unpaired) electrons. The molecule has 4 aromatic rings. The first kappa shape index (κ1) is 30.8. The Morgan fingerprint density at radius 3 is 2.44 bits per heavy atom. The van der Waals surface area contributed by atoms with Crippen molar-refractivity contribution in [1.82, 2.24) is 9.47 Å². The number of hydrogen-bond donors (Lipinski definition) is 0. The SMILES string of the molecule is CCN(CC)C(=O)C1=C(C)N=c2s/c(=C/c3cc(OC)c(OCc4ccccc4)cc3Br)c(=O)n2[C@H]1c1ccc(Cl)cc1. The molecular formula is C33H31BrClN3O4S. The predicted molar refractivity (Wildman–Crippen MR) is 175 cm³/mol. The van der Waals surface area contributed by atoms with Crippen LogP contribution in [0.1, 0.15) is 43.5 Å². The van der Waals surface area contributed by atoms with E-state index >= 15 is 0 Å². The van der Waals surface area contributed by atoms with Gasteiger partial charge in [0.25, 0.3) is 11.5 Å². The Kier molecular flexibility index (Phi) is 9.54. The van der Waals surface area contributed by atoms with Crippen molar-refractivity contribution >= 4 is 50.9 Å². The minimum atomic E-state index is -0.643. The maximum absolute atomic E-state index is 14.1. The van der Waals surface area contributed by atoms with Gasteiger partial charge in [-0.2, -0.15) is 0 Å². The molecule has 1 aliphatic rings. The first-order valence-electron chi connectivity index (χ1n) is 13.9. The van der Waals surface area contributed by atoms with Crippen LogP contribution >= 0.6 is 38.9 Å². The molecule has 1 aliphatic heterocycles. The molecule has 0 saturated heterocycles. The van der Waals surface area contributed by atoms with Gasteiger partial charge in [-0.1, -0.05) is 81.3 Å². The van der Waals surface area contributed by atoms with Crippen LogP contribution in [0.3, 0.4) is 0 Å². The fraction of sp³-hybridized carbons (Fsp3) is 0.242. The topological polar surface area (TPSA) is 73.1 Å². The van der Waals surface area contributed by atoms with Gasteiger partial charge >= 0.3 is 0 Å². The molecule has 43 heavy (non-hydrogen) atoms. The Labute approximate surface area is 267 Å². The molecule has 7 nitrogen and oxygen atoms in total. The molecule has 0 aliphatic carbocycles. The number of benzene rings is 3. The van der Waals surface area contributed by atoms with Gasteiger partial charge in [-0.3, -0.25) is 14.2 Å². The largest absolute Gasteiger partial charge is 0.493 e. The number of aromatic nitrogens is 1. The number of methoxy groups -OCH3 is 1. The van der Waals surface area contributed by atoms with Crippen LogP contribution < -0.4 is 24.4 Å². The predicted octanol–water partition coefficient (Wildman–Crippen LogP) is 6.11. The van der Waals surface area contributed by atoms with Gasteiger partial charge in [-0.15, -0.1) is 0 Å². The van der Waals surface area contributed by atoms with Crippen molar-refractivity contribution in [1.29, 1.82) is 0 Å². The highest BCUT2D eigenvalue weighted by molar-refractivity contribution is 9.10. The number of allylic oxidation sites excluding steroid dienone is 1. The van der Waals surface area contributed by atoms with Gasteiger partial charge in [-0.25, -0.2) is 4.99 Å². The number of fused-ring (bicyclic) bond motifs is 1. The molecule has 1 aromatic heterocycles. The summed E-state index contributed by atoms with van der Waals surface area (Å²) in [6.07, 6.45) is 1.81. The van der Waals surface area contributed by atoms with Gasteiger partial charge < -0.3 is 14.4 Å². The van der Waals surface area contributed by atoms with E-state index in [0.717, 1.165) is 21.2 Å². The van der Waals surface area contributed by atoms with Crippen LogP contribution in [-0.2, 0) is 11.4 Å². The molecule has 0 bridgehead atoms. The molecule has 222 valence electrons. The zero-order chi connectivity index (χ0) is 30.7.